The largest absolute Gasteiger partial charge is 0.384 e. The zero-order valence-electron chi connectivity index (χ0n) is 9.87. The molecule has 0 spiro atoms. The minimum atomic E-state index is -0.222. The summed E-state index contributed by atoms with van der Waals surface area (Å²) in [6, 6.07) is 4.64. The van der Waals surface area contributed by atoms with Crippen molar-refractivity contribution in [3.63, 3.8) is 0 Å². The molecule has 0 saturated carbocycles. The van der Waals surface area contributed by atoms with Gasteiger partial charge < -0.3 is 10.1 Å². The monoisotopic (exact) mass is 254 g/mol. The molecule has 0 aliphatic carbocycles. The van der Waals surface area contributed by atoms with Crippen molar-refractivity contribution >= 4 is 26.7 Å². The first kappa shape index (κ1) is 12.3. The van der Waals surface area contributed by atoms with Gasteiger partial charge in [0, 0.05) is 13.7 Å². The van der Waals surface area contributed by atoms with Crippen molar-refractivity contribution in [2.45, 2.75) is 6.92 Å². The molecule has 2 aromatic rings. The Hall–Kier alpha value is -1.20. The second kappa shape index (κ2) is 5.42. The number of methoxy groups -OCH3 is 1. The Kier molecular flexibility index (Phi) is 3.91. The van der Waals surface area contributed by atoms with Gasteiger partial charge in [0.2, 0.25) is 0 Å². The molecule has 5 heteroatoms. The first-order valence-electron chi connectivity index (χ1n) is 5.48. The van der Waals surface area contributed by atoms with E-state index in [1.54, 1.807) is 13.2 Å². The summed E-state index contributed by atoms with van der Waals surface area (Å²) in [4.78, 5) is 4.39. The Labute approximate surface area is 104 Å². The summed E-state index contributed by atoms with van der Waals surface area (Å²) in [6.45, 7) is 3.62. The number of anilines is 1. The van der Waals surface area contributed by atoms with Gasteiger partial charge in [0.25, 0.3) is 0 Å². The average molecular weight is 254 g/mol. The molecule has 1 heterocycles. The van der Waals surface area contributed by atoms with Crippen LogP contribution in [0.4, 0.5) is 9.52 Å². The second-order valence-electron chi connectivity index (χ2n) is 4.07. The molecule has 2 rings (SSSR count). The zero-order chi connectivity index (χ0) is 12.3. The smallest absolute Gasteiger partial charge is 0.183 e. The number of hydrogen-bond acceptors (Lipinski definition) is 4. The van der Waals surface area contributed by atoms with Gasteiger partial charge in [0.15, 0.2) is 5.13 Å². The van der Waals surface area contributed by atoms with Crippen LogP contribution in [0.1, 0.15) is 6.92 Å². The zero-order valence-corrected chi connectivity index (χ0v) is 10.7. The molecule has 0 bridgehead atoms. The lowest BCUT2D eigenvalue weighted by Gasteiger charge is -2.09. The van der Waals surface area contributed by atoms with Gasteiger partial charge in [-0.3, -0.25) is 0 Å². The van der Waals surface area contributed by atoms with Crippen molar-refractivity contribution in [2.75, 3.05) is 25.6 Å². The van der Waals surface area contributed by atoms with Crippen LogP contribution >= 0.6 is 11.3 Å². The minimum Gasteiger partial charge on any atom is -0.384 e. The van der Waals surface area contributed by atoms with E-state index in [0.29, 0.717) is 12.5 Å². The van der Waals surface area contributed by atoms with Crippen LogP contribution in [-0.2, 0) is 4.74 Å². The molecule has 0 fully saturated rings. The summed E-state index contributed by atoms with van der Waals surface area (Å²) in [7, 11) is 1.69. The van der Waals surface area contributed by atoms with E-state index in [-0.39, 0.29) is 5.82 Å². The van der Waals surface area contributed by atoms with Gasteiger partial charge in [0.1, 0.15) is 5.82 Å². The molecule has 92 valence electrons. The molecule has 1 atom stereocenters. The summed E-state index contributed by atoms with van der Waals surface area (Å²) >= 11 is 1.47. The molecular formula is C12H15FN2OS. The van der Waals surface area contributed by atoms with E-state index in [9.17, 15) is 4.39 Å². The van der Waals surface area contributed by atoms with Crippen LogP contribution in [0.3, 0.4) is 0 Å². The third-order valence-electron chi connectivity index (χ3n) is 2.40. The van der Waals surface area contributed by atoms with Crippen LogP contribution in [-0.4, -0.2) is 25.2 Å². The number of halogens is 1. The van der Waals surface area contributed by atoms with E-state index in [1.165, 1.54) is 23.5 Å². The van der Waals surface area contributed by atoms with Crippen LogP contribution < -0.4 is 5.32 Å². The summed E-state index contributed by atoms with van der Waals surface area (Å²) in [6.07, 6.45) is 0. The maximum Gasteiger partial charge on any atom is 0.183 e. The summed E-state index contributed by atoms with van der Waals surface area (Å²) in [5.41, 5.74) is 0.832. The number of fused-ring (bicyclic) bond motifs is 1. The lowest BCUT2D eigenvalue weighted by atomic mass is 10.2. The number of aromatic nitrogens is 1. The van der Waals surface area contributed by atoms with Crippen LogP contribution in [0.2, 0.25) is 0 Å². The number of benzene rings is 1. The van der Waals surface area contributed by atoms with Crippen LogP contribution in [0.25, 0.3) is 10.2 Å². The Bertz CT molecular complexity index is 500. The van der Waals surface area contributed by atoms with Gasteiger partial charge in [-0.25, -0.2) is 9.37 Å². The summed E-state index contributed by atoms with van der Waals surface area (Å²) in [5, 5.41) is 4.07. The lowest BCUT2D eigenvalue weighted by Crippen LogP contribution is -2.15. The molecule has 0 amide bonds. The molecular weight excluding hydrogens is 239 g/mol. The van der Waals surface area contributed by atoms with E-state index in [4.69, 9.17) is 4.74 Å². The topological polar surface area (TPSA) is 34.1 Å². The number of rotatable bonds is 5. The molecule has 0 radical (unpaired) electrons. The van der Waals surface area contributed by atoms with Crippen LogP contribution in [0, 0.1) is 11.7 Å². The fourth-order valence-electron chi connectivity index (χ4n) is 1.58. The van der Waals surface area contributed by atoms with Crippen molar-refractivity contribution in [1.29, 1.82) is 0 Å². The number of nitrogens with one attached hydrogen (secondary N) is 1. The first-order valence-corrected chi connectivity index (χ1v) is 6.29. The third kappa shape index (κ3) is 3.14. The Morgan fingerprint density at radius 2 is 2.35 bits per heavy atom. The van der Waals surface area contributed by atoms with E-state index in [1.807, 2.05) is 0 Å². The number of nitrogens with zero attached hydrogens (tertiary/aromatic N) is 1. The van der Waals surface area contributed by atoms with Crippen molar-refractivity contribution in [1.82, 2.24) is 4.98 Å². The minimum absolute atomic E-state index is 0.222. The van der Waals surface area contributed by atoms with E-state index in [0.717, 1.165) is 21.9 Å². The number of ether oxygens (including phenoxy) is 1. The molecule has 1 aromatic heterocycles. The maximum absolute atomic E-state index is 13.0. The van der Waals surface area contributed by atoms with E-state index in [2.05, 4.69) is 17.2 Å². The molecule has 0 saturated heterocycles. The molecule has 0 aliphatic rings. The van der Waals surface area contributed by atoms with Crippen LogP contribution in [0.15, 0.2) is 18.2 Å². The van der Waals surface area contributed by atoms with E-state index >= 15 is 0 Å². The standard InChI is InChI=1S/C12H15FN2OS/c1-8(7-16-2)6-14-12-15-10-4-3-9(13)5-11(10)17-12/h3-5,8H,6-7H2,1-2H3,(H,14,15). The fourth-order valence-corrected chi connectivity index (χ4v) is 2.48. The van der Waals surface area contributed by atoms with Crippen molar-refractivity contribution in [3.8, 4) is 0 Å². The molecule has 17 heavy (non-hydrogen) atoms. The van der Waals surface area contributed by atoms with Crippen molar-refractivity contribution in [2.24, 2.45) is 5.92 Å². The van der Waals surface area contributed by atoms with E-state index < -0.39 is 0 Å². The second-order valence-corrected chi connectivity index (χ2v) is 5.10. The molecule has 0 aliphatic heterocycles. The average Bonchev–Trinajstić information content (AvgIpc) is 2.68. The normalized spacial score (nSPS) is 12.9. The van der Waals surface area contributed by atoms with Gasteiger partial charge in [-0.1, -0.05) is 18.3 Å². The highest BCUT2D eigenvalue weighted by Crippen LogP contribution is 2.26. The fraction of sp³-hybridized carbons (Fsp3) is 0.417. The molecule has 3 nitrogen and oxygen atoms in total. The molecule has 1 unspecified atom stereocenters. The van der Waals surface area contributed by atoms with Gasteiger partial charge >= 0.3 is 0 Å². The summed E-state index contributed by atoms with van der Waals surface area (Å²) < 4.78 is 18.9. The highest BCUT2D eigenvalue weighted by Gasteiger charge is 2.06. The highest BCUT2D eigenvalue weighted by molar-refractivity contribution is 7.22. The maximum atomic E-state index is 13.0. The van der Waals surface area contributed by atoms with Crippen LogP contribution in [0.5, 0.6) is 0 Å². The predicted octanol–water partition coefficient (Wildman–Crippen LogP) is 3.13. The Morgan fingerprint density at radius 3 is 3.12 bits per heavy atom. The molecule has 1 aromatic carbocycles. The predicted molar refractivity (Wildman–Crippen MR) is 69.1 cm³/mol. The first-order chi connectivity index (χ1) is 8.19. The quantitative estimate of drug-likeness (QED) is 0.890. The van der Waals surface area contributed by atoms with Crippen molar-refractivity contribution in [3.05, 3.63) is 24.0 Å². The van der Waals surface area contributed by atoms with Crippen molar-refractivity contribution < 1.29 is 9.13 Å². The van der Waals surface area contributed by atoms with Gasteiger partial charge in [-0.2, -0.15) is 0 Å². The Morgan fingerprint density at radius 1 is 1.53 bits per heavy atom. The Balaban J connectivity index is 2.04. The third-order valence-corrected chi connectivity index (χ3v) is 3.38. The highest BCUT2D eigenvalue weighted by atomic mass is 32.1. The number of hydrogen-bond donors (Lipinski definition) is 1. The SMILES string of the molecule is COCC(C)CNc1nc2ccc(F)cc2s1. The van der Waals surface area contributed by atoms with Gasteiger partial charge in [-0.05, 0) is 24.1 Å². The summed E-state index contributed by atoms with van der Waals surface area (Å²) in [5.74, 6) is 0.198. The lowest BCUT2D eigenvalue weighted by molar-refractivity contribution is 0.164. The molecule has 1 N–H and O–H groups in total. The van der Waals surface area contributed by atoms with Gasteiger partial charge in [-0.15, -0.1) is 0 Å². The van der Waals surface area contributed by atoms with Gasteiger partial charge in [0.05, 0.1) is 16.8 Å². The number of thiazole rings is 1.